The molecule has 1 aliphatic heterocycles. The maximum Gasteiger partial charge on any atom is 0.146 e. The van der Waals surface area contributed by atoms with E-state index in [9.17, 15) is 9.50 Å². The smallest absolute Gasteiger partial charge is 0.146 e. The summed E-state index contributed by atoms with van der Waals surface area (Å²) in [6.45, 7) is 3.50. The molecule has 0 amide bonds. The third-order valence-electron chi connectivity index (χ3n) is 4.67. The van der Waals surface area contributed by atoms with Crippen LogP contribution in [0.5, 0.6) is 0 Å². The zero-order valence-corrected chi connectivity index (χ0v) is 11.8. The van der Waals surface area contributed by atoms with Gasteiger partial charge >= 0.3 is 0 Å². The molecule has 1 aromatic rings. The first-order valence-electron chi connectivity index (χ1n) is 7.67. The molecule has 0 aromatic heterocycles. The number of aliphatic hydroxyl groups is 1. The van der Waals surface area contributed by atoms with Crippen LogP contribution < -0.4 is 4.90 Å². The van der Waals surface area contributed by atoms with Crippen molar-refractivity contribution in [1.29, 1.82) is 0 Å². The van der Waals surface area contributed by atoms with Gasteiger partial charge in [-0.3, -0.25) is 4.90 Å². The highest BCUT2D eigenvalue weighted by molar-refractivity contribution is 5.48. The lowest BCUT2D eigenvalue weighted by molar-refractivity contribution is 0.0172. The quantitative estimate of drug-likeness (QED) is 0.899. The topological polar surface area (TPSA) is 26.7 Å². The molecular weight excluding hydrogens is 255 g/mol. The molecule has 3 rings (SSSR count). The van der Waals surface area contributed by atoms with Gasteiger partial charge in [0.1, 0.15) is 5.82 Å². The van der Waals surface area contributed by atoms with E-state index in [2.05, 4.69) is 9.80 Å². The summed E-state index contributed by atoms with van der Waals surface area (Å²) in [5.74, 6) is -0.140. The largest absolute Gasteiger partial charge is 0.391 e. The van der Waals surface area contributed by atoms with Crippen LogP contribution in [0, 0.1) is 5.82 Å². The third kappa shape index (κ3) is 2.81. The van der Waals surface area contributed by atoms with E-state index in [1.807, 2.05) is 12.1 Å². The minimum absolute atomic E-state index is 0.140. The Balaban J connectivity index is 1.61. The Morgan fingerprint density at radius 1 is 1.00 bits per heavy atom. The van der Waals surface area contributed by atoms with Gasteiger partial charge in [-0.25, -0.2) is 4.39 Å². The summed E-state index contributed by atoms with van der Waals surface area (Å²) in [5, 5.41) is 10.1. The van der Waals surface area contributed by atoms with Crippen LogP contribution in [0.25, 0.3) is 0 Å². The summed E-state index contributed by atoms with van der Waals surface area (Å²) in [7, 11) is 0. The standard InChI is InChI=1S/C16H23FN2O/c17-13-5-1-2-6-14(13)18-9-11-19(12-10-18)15-7-3-4-8-16(15)20/h1-2,5-6,15-16,20H,3-4,7-12H2/t15-,16-/m0/s1. The molecule has 1 heterocycles. The Hall–Kier alpha value is -1.13. The lowest BCUT2D eigenvalue weighted by Crippen LogP contribution is -2.54. The lowest BCUT2D eigenvalue weighted by atomic mass is 9.91. The molecule has 0 spiro atoms. The molecule has 1 saturated heterocycles. The highest BCUT2D eigenvalue weighted by atomic mass is 19.1. The van der Waals surface area contributed by atoms with Crippen LogP contribution in [0.3, 0.4) is 0 Å². The maximum absolute atomic E-state index is 13.8. The van der Waals surface area contributed by atoms with Gasteiger partial charge < -0.3 is 10.0 Å². The molecule has 20 heavy (non-hydrogen) atoms. The number of hydrogen-bond acceptors (Lipinski definition) is 3. The van der Waals surface area contributed by atoms with E-state index >= 15 is 0 Å². The second-order valence-corrected chi connectivity index (χ2v) is 5.89. The van der Waals surface area contributed by atoms with Gasteiger partial charge in [-0.2, -0.15) is 0 Å². The van der Waals surface area contributed by atoms with E-state index in [-0.39, 0.29) is 11.9 Å². The van der Waals surface area contributed by atoms with E-state index in [1.54, 1.807) is 6.07 Å². The summed E-state index contributed by atoms with van der Waals surface area (Å²) in [6, 6.07) is 7.29. The highest BCUT2D eigenvalue weighted by Crippen LogP contribution is 2.26. The molecule has 0 radical (unpaired) electrons. The van der Waals surface area contributed by atoms with E-state index < -0.39 is 0 Å². The predicted molar refractivity (Wildman–Crippen MR) is 78.4 cm³/mol. The Morgan fingerprint density at radius 3 is 2.40 bits per heavy atom. The monoisotopic (exact) mass is 278 g/mol. The van der Waals surface area contributed by atoms with E-state index in [0.29, 0.717) is 11.7 Å². The van der Waals surface area contributed by atoms with Crippen LogP contribution in [0.15, 0.2) is 24.3 Å². The average molecular weight is 278 g/mol. The van der Waals surface area contributed by atoms with Gasteiger partial charge in [0.2, 0.25) is 0 Å². The summed E-state index contributed by atoms with van der Waals surface area (Å²) in [5.41, 5.74) is 0.705. The number of nitrogens with zero attached hydrogens (tertiary/aromatic N) is 2. The fourth-order valence-corrected chi connectivity index (χ4v) is 3.52. The van der Waals surface area contributed by atoms with Gasteiger partial charge in [0.15, 0.2) is 0 Å². The Labute approximate surface area is 120 Å². The van der Waals surface area contributed by atoms with Crippen molar-refractivity contribution < 1.29 is 9.50 Å². The molecule has 0 bridgehead atoms. The molecule has 1 aromatic carbocycles. The van der Waals surface area contributed by atoms with Crippen molar-refractivity contribution in [3.63, 3.8) is 0 Å². The Bertz CT molecular complexity index is 446. The van der Waals surface area contributed by atoms with Crippen LogP contribution in [0.4, 0.5) is 10.1 Å². The van der Waals surface area contributed by atoms with Crippen molar-refractivity contribution in [3.8, 4) is 0 Å². The van der Waals surface area contributed by atoms with Gasteiger partial charge in [-0.15, -0.1) is 0 Å². The first-order chi connectivity index (χ1) is 9.75. The number of rotatable bonds is 2. The van der Waals surface area contributed by atoms with Gasteiger partial charge in [-0.1, -0.05) is 25.0 Å². The predicted octanol–water partition coefficient (Wildman–Crippen LogP) is 2.25. The minimum Gasteiger partial charge on any atom is -0.391 e. The molecule has 3 nitrogen and oxygen atoms in total. The first kappa shape index (κ1) is 13.8. The minimum atomic E-state index is -0.177. The third-order valence-corrected chi connectivity index (χ3v) is 4.67. The van der Waals surface area contributed by atoms with Crippen molar-refractivity contribution in [2.75, 3.05) is 31.1 Å². The van der Waals surface area contributed by atoms with Crippen molar-refractivity contribution in [2.24, 2.45) is 0 Å². The Morgan fingerprint density at radius 2 is 1.70 bits per heavy atom. The number of halogens is 1. The van der Waals surface area contributed by atoms with Crippen molar-refractivity contribution >= 4 is 5.69 Å². The van der Waals surface area contributed by atoms with Crippen LogP contribution in [0.1, 0.15) is 25.7 Å². The number of benzene rings is 1. The zero-order valence-electron chi connectivity index (χ0n) is 11.8. The molecule has 4 heteroatoms. The van der Waals surface area contributed by atoms with Crippen molar-refractivity contribution in [2.45, 2.75) is 37.8 Å². The number of para-hydroxylation sites is 1. The van der Waals surface area contributed by atoms with E-state index in [0.717, 1.165) is 45.4 Å². The van der Waals surface area contributed by atoms with E-state index in [4.69, 9.17) is 0 Å². The molecular formula is C16H23FN2O. The fourth-order valence-electron chi connectivity index (χ4n) is 3.52. The molecule has 1 aliphatic carbocycles. The van der Waals surface area contributed by atoms with Crippen LogP contribution in [-0.2, 0) is 0 Å². The molecule has 1 N–H and O–H groups in total. The van der Waals surface area contributed by atoms with E-state index in [1.165, 1.54) is 12.5 Å². The maximum atomic E-state index is 13.8. The number of anilines is 1. The molecule has 1 saturated carbocycles. The molecule has 2 atom stereocenters. The molecule has 110 valence electrons. The average Bonchev–Trinajstić information content (AvgIpc) is 2.49. The molecule has 2 aliphatic rings. The Kier molecular flexibility index (Phi) is 4.22. The fraction of sp³-hybridized carbons (Fsp3) is 0.625. The van der Waals surface area contributed by atoms with Crippen LogP contribution in [-0.4, -0.2) is 48.3 Å². The summed E-state index contributed by atoms with van der Waals surface area (Å²) in [4.78, 5) is 4.50. The van der Waals surface area contributed by atoms with Gasteiger partial charge in [0, 0.05) is 32.2 Å². The van der Waals surface area contributed by atoms with Gasteiger partial charge in [-0.05, 0) is 25.0 Å². The second-order valence-electron chi connectivity index (χ2n) is 5.89. The van der Waals surface area contributed by atoms with Gasteiger partial charge in [0.25, 0.3) is 0 Å². The summed E-state index contributed by atoms with van der Waals surface area (Å²) >= 11 is 0. The lowest BCUT2D eigenvalue weighted by Gasteiger charge is -2.43. The molecule has 2 fully saturated rings. The summed E-state index contributed by atoms with van der Waals surface area (Å²) in [6.07, 6.45) is 4.21. The highest BCUT2D eigenvalue weighted by Gasteiger charge is 2.31. The number of aliphatic hydroxyl groups excluding tert-OH is 1. The van der Waals surface area contributed by atoms with Crippen LogP contribution in [0.2, 0.25) is 0 Å². The zero-order chi connectivity index (χ0) is 13.9. The second kappa shape index (κ2) is 6.10. The first-order valence-corrected chi connectivity index (χ1v) is 7.67. The molecule has 0 unspecified atom stereocenters. The van der Waals surface area contributed by atoms with Crippen molar-refractivity contribution in [1.82, 2.24) is 4.90 Å². The summed E-state index contributed by atoms with van der Waals surface area (Å²) < 4.78 is 13.8. The SMILES string of the molecule is O[C@H]1CCCC[C@@H]1N1CCN(c2ccccc2F)CC1. The van der Waals surface area contributed by atoms with Gasteiger partial charge in [0.05, 0.1) is 11.8 Å². The normalized spacial score (nSPS) is 28.6. The number of hydrogen-bond donors (Lipinski definition) is 1. The number of piperazine rings is 1. The van der Waals surface area contributed by atoms with Crippen LogP contribution >= 0.6 is 0 Å². The van der Waals surface area contributed by atoms with Crippen molar-refractivity contribution in [3.05, 3.63) is 30.1 Å².